The second kappa shape index (κ2) is 7.91. The van der Waals surface area contributed by atoms with Gasteiger partial charge < -0.3 is 10.2 Å². The maximum Gasteiger partial charge on any atom is 0.193 e. The molecular weight excluding hydrogens is 377 g/mol. The zero-order chi connectivity index (χ0) is 14.6. The number of aryl methyl sites for hydroxylation is 1. The first-order valence-electron chi connectivity index (χ1n) is 7.30. The molecule has 5 nitrogen and oxygen atoms in total. The van der Waals surface area contributed by atoms with E-state index in [9.17, 15) is 0 Å². The fourth-order valence-electron chi connectivity index (χ4n) is 2.60. The van der Waals surface area contributed by atoms with Crippen molar-refractivity contribution in [3.05, 3.63) is 23.8 Å². The molecule has 1 unspecified atom stereocenters. The normalized spacial score (nSPS) is 22.1. The summed E-state index contributed by atoms with van der Waals surface area (Å²) < 4.78 is 0. The van der Waals surface area contributed by atoms with E-state index in [0.717, 1.165) is 30.6 Å². The summed E-state index contributed by atoms with van der Waals surface area (Å²) in [7, 11) is 1.84. The summed E-state index contributed by atoms with van der Waals surface area (Å²) in [6, 6.07) is 1.94. The van der Waals surface area contributed by atoms with E-state index in [4.69, 9.17) is 0 Å². The predicted molar refractivity (Wildman–Crippen MR) is 97.0 cm³/mol. The van der Waals surface area contributed by atoms with Crippen molar-refractivity contribution in [2.45, 2.75) is 40.2 Å². The summed E-state index contributed by atoms with van der Waals surface area (Å²) in [5, 5.41) is 3.40. The minimum atomic E-state index is 0. The molecule has 1 atom stereocenters. The van der Waals surface area contributed by atoms with Crippen molar-refractivity contribution >= 4 is 29.9 Å². The van der Waals surface area contributed by atoms with E-state index in [-0.39, 0.29) is 24.0 Å². The van der Waals surface area contributed by atoms with Crippen LogP contribution in [0.5, 0.6) is 0 Å². The highest BCUT2D eigenvalue weighted by Gasteiger charge is 2.33. The van der Waals surface area contributed by atoms with Crippen LogP contribution in [0.15, 0.2) is 17.3 Å². The van der Waals surface area contributed by atoms with Gasteiger partial charge in [0.25, 0.3) is 0 Å². The Labute approximate surface area is 144 Å². The first-order chi connectivity index (χ1) is 9.56. The maximum atomic E-state index is 4.40. The van der Waals surface area contributed by atoms with Gasteiger partial charge in [-0.1, -0.05) is 13.8 Å². The third kappa shape index (κ3) is 4.79. The van der Waals surface area contributed by atoms with Crippen molar-refractivity contribution in [1.29, 1.82) is 0 Å². The van der Waals surface area contributed by atoms with Crippen LogP contribution in [0, 0.1) is 12.3 Å². The second-order valence-corrected chi connectivity index (χ2v) is 5.83. The van der Waals surface area contributed by atoms with Crippen LogP contribution in [-0.4, -0.2) is 41.0 Å². The Balaban J connectivity index is 0.00000220. The maximum absolute atomic E-state index is 4.40. The molecule has 2 rings (SSSR count). The van der Waals surface area contributed by atoms with Crippen LogP contribution in [0.2, 0.25) is 0 Å². The predicted octanol–water partition coefficient (Wildman–Crippen LogP) is 2.60. The highest BCUT2D eigenvalue weighted by atomic mass is 127. The lowest BCUT2D eigenvalue weighted by Crippen LogP contribution is -2.40. The van der Waals surface area contributed by atoms with Gasteiger partial charge in [0, 0.05) is 26.3 Å². The summed E-state index contributed by atoms with van der Waals surface area (Å²) in [4.78, 5) is 15.3. The third-order valence-corrected chi connectivity index (χ3v) is 4.18. The van der Waals surface area contributed by atoms with Crippen LogP contribution in [0.1, 0.15) is 38.2 Å². The van der Waals surface area contributed by atoms with Crippen LogP contribution < -0.4 is 5.32 Å². The van der Waals surface area contributed by atoms with Gasteiger partial charge in [0.15, 0.2) is 5.96 Å². The van der Waals surface area contributed by atoms with E-state index in [1.165, 1.54) is 12.8 Å². The number of nitrogens with one attached hydrogen (secondary N) is 1. The summed E-state index contributed by atoms with van der Waals surface area (Å²) in [5.41, 5.74) is 1.42. The summed E-state index contributed by atoms with van der Waals surface area (Å²) in [5.74, 6) is 1.78. The summed E-state index contributed by atoms with van der Waals surface area (Å²) in [6.07, 6.45) is 4.24. The van der Waals surface area contributed by atoms with Crippen LogP contribution in [0.25, 0.3) is 0 Å². The molecule has 0 radical (unpaired) electrons. The SMILES string of the molecule is CCC1(C)CCN(C(=NC)NCc2ccnc(C)n2)C1.I. The molecule has 2 heterocycles. The Kier molecular flexibility index (Phi) is 6.83. The molecule has 1 aliphatic rings. The Hall–Kier alpha value is -0.920. The molecule has 0 aromatic carbocycles. The number of rotatable bonds is 3. The van der Waals surface area contributed by atoms with Crippen molar-refractivity contribution in [3.63, 3.8) is 0 Å². The lowest BCUT2D eigenvalue weighted by molar-refractivity contribution is 0.322. The average Bonchev–Trinajstić information content (AvgIpc) is 2.83. The molecule has 1 aromatic rings. The van der Waals surface area contributed by atoms with Gasteiger partial charge in [-0.2, -0.15) is 0 Å². The fourth-order valence-corrected chi connectivity index (χ4v) is 2.60. The Morgan fingerprint density at radius 1 is 1.52 bits per heavy atom. The minimum absolute atomic E-state index is 0. The van der Waals surface area contributed by atoms with E-state index in [1.54, 1.807) is 6.20 Å². The molecule has 118 valence electrons. The monoisotopic (exact) mass is 403 g/mol. The number of aliphatic imine (C=N–C) groups is 1. The van der Waals surface area contributed by atoms with Gasteiger partial charge in [-0.15, -0.1) is 24.0 Å². The zero-order valence-electron chi connectivity index (χ0n) is 13.4. The highest BCUT2D eigenvalue weighted by molar-refractivity contribution is 14.0. The Morgan fingerprint density at radius 2 is 2.29 bits per heavy atom. The first-order valence-corrected chi connectivity index (χ1v) is 7.30. The number of guanidine groups is 1. The zero-order valence-corrected chi connectivity index (χ0v) is 15.7. The molecule has 0 bridgehead atoms. The topological polar surface area (TPSA) is 53.4 Å². The number of hydrogen-bond acceptors (Lipinski definition) is 3. The molecule has 0 aliphatic carbocycles. The van der Waals surface area contributed by atoms with E-state index < -0.39 is 0 Å². The van der Waals surface area contributed by atoms with Crippen LogP contribution in [0.4, 0.5) is 0 Å². The third-order valence-electron chi connectivity index (χ3n) is 4.18. The van der Waals surface area contributed by atoms with Gasteiger partial charge in [0.05, 0.1) is 12.2 Å². The van der Waals surface area contributed by atoms with Crippen LogP contribution in [-0.2, 0) is 6.54 Å². The van der Waals surface area contributed by atoms with E-state index in [0.29, 0.717) is 12.0 Å². The number of nitrogens with zero attached hydrogens (tertiary/aromatic N) is 4. The molecule has 21 heavy (non-hydrogen) atoms. The first kappa shape index (κ1) is 18.1. The van der Waals surface area contributed by atoms with Crippen molar-refractivity contribution in [2.24, 2.45) is 10.4 Å². The molecule has 1 aliphatic heterocycles. The largest absolute Gasteiger partial charge is 0.351 e. The lowest BCUT2D eigenvalue weighted by atomic mass is 9.87. The molecule has 1 N–H and O–H groups in total. The molecule has 0 amide bonds. The number of aromatic nitrogens is 2. The van der Waals surface area contributed by atoms with E-state index in [2.05, 4.69) is 39.0 Å². The molecular formula is C15H26IN5. The van der Waals surface area contributed by atoms with Gasteiger partial charge in [0.1, 0.15) is 5.82 Å². The van der Waals surface area contributed by atoms with E-state index in [1.807, 2.05) is 20.0 Å². The van der Waals surface area contributed by atoms with Crippen LogP contribution >= 0.6 is 24.0 Å². The van der Waals surface area contributed by atoms with Crippen LogP contribution in [0.3, 0.4) is 0 Å². The Bertz CT molecular complexity index is 491. The molecule has 1 fully saturated rings. The average molecular weight is 403 g/mol. The lowest BCUT2D eigenvalue weighted by Gasteiger charge is -2.25. The fraction of sp³-hybridized carbons (Fsp3) is 0.667. The second-order valence-electron chi connectivity index (χ2n) is 5.83. The van der Waals surface area contributed by atoms with Gasteiger partial charge in [-0.25, -0.2) is 9.97 Å². The highest BCUT2D eigenvalue weighted by Crippen LogP contribution is 2.32. The van der Waals surface area contributed by atoms with Crippen molar-refractivity contribution < 1.29 is 0 Å². The standard InChI is InChI=1S/C15H25N5.HI/c1-5-15(3)7-9-20(11-15)14(16-4)18-10-13-6-8-17-12(2)19-13;/h6,8H,5,7,9-11H2,1-4H3,(H,16,18);1H. The minimum Gasteiger partial charge on any atom is -0.351 e. The van der Waals surface area contributed by atoms with E-state index >= 15 is 0 Å². The number of likely N-dealkylation sites (tertiary alicyclic amines) is 1. The summed E-state index contributed by atoms with van der Waals surface area (Å²) in [6.45, 7) is 9.37. The van der Waals surface area contributed by atoms with Crippen molar-refractivity contribution in [2.75, 3.05) is 20.1 Å². The van der Waals surface area contributed by atoms with Gasteiger partial charge >= 0.3 is 0 Å². The number of hydrogen-bond donors (Lipinski definition) is 1. The van der Waals surface area contributed by atoms with Gasteiger partial charge in [-0.3, -0.25) is 4.99 Å². The molecule has 6 heteroatoms. The van der Waals surface area contributed by atoms with Crippen molar-refractivity contribution in [3.8, 4) is 0 Å². The smallest absolute Gasteiger partial charge is 0.193 e. The van der Waals surface area contributed by atoms with Gasteiger partial charge in [0.2, 0.25) is 0 Å². The molecule has 1 saturated heterocycles. The van der Waals surface area contributed by atoms with Crippen molar-refractivity contribution in [1.82, 2.24) is 20.2 Å². The molecule has 1 aromatic heterocycles. The summed E-state index contributed by atoms with van der Waals surface area (Å²) >= 11 is 0. The molecule has 0 saturated carbocycles. The number of halogens is 1. The Morgan fingerprint density at radius 3 is 2.86 bits per heavy atom. The quantitative estimate of drug-likeness (QED) is 0.479. The van der Waals surface area contributed by atoms with Gasteiger partial charge in [-0.05, 0) is 31.2 Å². The molecule has 0 spiro atoms.